The molecule has 1 atom stereocenters. The molecule has 0 radical (unpaired) electrons. The van der Waals surface area contributed by atoms with E-state index in [0.717, 1.165) is 6.42 Å². The quantitative estimate of drug-likeness (QED) is 0.820. The maximum atomic E-state index is 13.3. The predicted molar refractivity (Wildman–Crippen MR) is 58.6 cm³/mol. The van der Waals surface area contributed by atoms with Crippen LogP contribution in [0.15, 0.2) is 12.3 Å². The van der Waals surface area contributed by atoms with Crippen LogP contribution in [0.2, 0.25) is 5.02 Å². The molecule has 0 spiro atoms. The van der Waals surface area contributed by atoms with Gasteiger partial charge in [-0.2, -0.15) is 0 Å². The van der Waals surface area contributed by atoms with Gasteiger partial charge in [0.25, 0.3) is 0 Å². The molecule has 3 nitrogen and oxygen atoms in total. The lowest BCUT2D eigenvalue weighted by Gasteiger charge is -2.14. The molecule has 0 aliphatic carbocycles. The summed E-state index contributed by atoms with van der Waals surface area (Å²) in [5.74, 6) is -0.261. The Balaban J connectivity index is 2.56. The molecule has 1 aromatic heterocycles. The van der Waals surface area contributed by atoms with Gasteiger partial charge in [-0.15, -0.1) is 0 Å². The van der Waals surface area contributed by atoms with Crippen molar-refractivity contribution in [2.75, 3.05) is 11.9 Å². The van der Waals surface area contributed by atoms with E-state index in [1.807, 2.05) is 6.92 Å². The fraction of sp³-hybridized carbons (Fsp3) is 0.500. The summed E-state index contributed by atoms with van der Waals surface area (Å²) in [5, 5.41) is 11.8. The summed E-state index contributed by atoms with van der Waals surface area (Å²) in [5.41, 5.74) is 0. The highest BCUT2D eigenvalue weighted by molar-refractivity contribution is 6.30. The molecule has 1 rings (SSSR count). The van der Waals surface area contributed by atoms with Gasteiger partial charge in [0.05, 0.1) is 5.02 Å². The standard InChI is InChI=1S/C10H14ClFN2O/c1-7(3-2-4-15)14-10-9(12)5-8(11)6-13-10/h5-7,15H,2-4H2,1H3,(H,13,14). The van der Waals surface area contributed by atoms with Crippen LogP contribution >= 0.6 is 11.6 Å². The monoisotopic (exact) mass is 232 g/mol. The summed E-state index contributed by atoms with van der Waals surface area (Å²) in [6.07, 6.45) is 2.84. The number of nitrogens with one attached hydrogen (secondary N) is 1. The highest BCUT2D eigenvalue weighted by Crippen LogP contribution is 2.16. The Bertz CT molecular complexity index is 322. The maximum Gasteiger partial charge on any atom is 0.166 e. The molecule has 0 aliphatic rings. The number of aliphatic hydroxyl groups is 1. The minimum absolute atomic E-state index is 0.0697. The summed E-state index contributed by atoms with van der Waals surface area (Å²) < 4.78 is 13.3. The van der Waals surface area contributed by atoms with Gasteiger partial charge < -0.3 is 10.4 Å². The summed E-state index contributed by atoms with van der Waals surface area (Å²) in [4.78, 5) is 3.85. The van der Waals surface area contributed by atoms with E-state index >= 15 is 0 Å². The van der Waals surface area contributed by atoms with Gasteiger partial charge in [-0.25, -0.2) is 9.37 Å². The number of aliphatic hydroxyl groups excluding tert-OH is 1. The second-order valence-electron chi connectivity index (χ2n) is 3.40. The third-order valence-electron chi connectivity index (χ3n) is 1.99. The van der Waals surface area contributed by atoms with E-state index in [-0.39, 0.29) is 23.5 Å². The number of hydrogen-bond acceptors (Lipinski definition) is 3. The van der Waals surface area contributed by atoms with Gasteiger partial charge >= 0.3 is 0 Å². The molecule has 0 aromatic carbocycles. The molecule has 0 aliphatic heterocycles. The second-order valence-corrected chi connectivity index (χ2v) is 3.83. The number of nitrogens with zero attached hydrogens (tertiary/aromatic N) is 1. The SMILES string of the molecule is CC(CCCO)Nc1ncc(Cl)cc1F. The van der Waals surface area contributed by atoms with Crippen molar-refractivity contribution in [2.45, 2.75) is 25.8 Å². The largest absolute Gasteiger partial charge is 0.396 e. The van der Waals surface area contributed by atoms with Crippen LogP contribution in [0.3, 0.4) is 0 Å². The molecular formula is C10H14ClFN2O. The van der Waals surface area contributed by atoms with Crippen LogP contribution in [-0.4, -0.2) is 22.7 Å². The molecule has 1 heterocycles. The number of aromatic nitrogens is 1. The third kappa shape index (κ3) is 4.01. The zero-order valence-electron chi connectivity index (χ0n) is 8.50. The van der Waals surface area contributed by atoms with E-state index in [4.69, 9.17) is 16.7 Å². The van der Waals surface area contributed by atoms with Gasteiger partial charge in [0.2, 0.25) is 0 Å². The normalized spacial score (nSPS) is 12.5. The topological polar surface area (TPSA) is 45.1 Å². The van der Waals surface area contributed by atoms with Crippen LogP contribution < -0.4 is 5.32 Å². The van der Waals surface area contributed by atoms with Crippen molar-refractivity contribution in [3.05, 3.63) is 23.1 Å². The average Bonchev–Trinajstić information content (AvgIpc) is 2.19. The van der Waals surface area contributed by atoms with Crippen molar-refractivity contribution < 1.29 is 9.50 Å². The second kappa shape index (κ2) is 5.88. The highest BCUT2D eigenvalue weighted by atomic mass is 35.5. The Labute approximate surface area is 93.3 Å². The van der Waals surface area contributed by atoms with Crippen molar-refractivity contribution in [3.8, 4) is 0 Å². The molecule has 84 valence electrons. The number of halogens is 2. The van der Waals surface area contributed by atoms with Crippen LogP contribution in [0.25, 0.3) is 0 Å². The maximum absolute atomic E-state index is 13.3. The fourth-order valence-electron chi connectivity index (χ4n) is 1.22. The summed E-state index contributed by atoms with van der Waals surface area (Å²) >= 11 is 5.57. The van der Waals surface area contributed by atoms with Gasteiger partial charge in [0.15, 0.2) is 11.6 Å². The third-order valence-corrected chi connectivity index (χ3v) is 2.19. The van der Waals surface area contributed by atoms with Gasteiger partial charge in [-0.05, 0) is 25.8 Å². The summed E-state index contributed by atoms with van der Waals surface area (Å²) in [7, 11) is 0. The molecule has 0 saturated carbocycles. The Hall–Kier alpha value is -0.870. The van der Waals surface area contributed by atoms with Gasteiger partial charge in [-0.1, -0.05) is 11.6 Å². The zero-order chi connectivity index (χ0) is 11.3. The zero-order valence-corrected chi connectivity index (χ0v) is 9.26. The number of rotatable bonds is 5. The van der Waals surface area contributed by atoms with Crippen LogP contribution in [0, 0.1) is 5.82 Å². The first-order chi connectivity index (χ1) is 7.13. The molecule has 0 saturated heterocycles. The van der Waals surface area contributed by atoms with Crippen LogP contribution in [0.5, 0.6) is 0 Å². The fourth-order valence-corrected chi connectivity index (χ4v) is 1.37. The summed E-state index contributed by atoms with van der Waals surface area (Å²) in [6.45, 7) is 2.05. The molecule has 15 heavy (non-hydrogen) atoms. The summed E-state index contributed by atoms with van der Waals surface area (Å²) in [6, 6.07) is 1.29. The van der Waals surface area contributed by atoms with Gasteiger partial charge in [0.1, 0.15) is 0 Å². The van der Waals surface area contributed by atoms with E-state index in [1.54, 1.807) is 0 Å². The van der Waals surface area contributed by atoms with Crippen LogP contribution in [0.1, 0.15) is 19.8 Å². The number of pyridine rings is 1. The van der Waals surface area contributed by atoms with E-state index in [2.05, 4.69) is 10.3 Å². The van der Waals surface area contributed by atoms with E-state index in [9.17, 15) is 4.39 Å². The van der Waals surface area contributed by atoms with E-state index < -0.39 is 5.82 Å². The molecule has 0 amide bonds. The number of hydrogen-bond donors (Lipinski definition) is 2. The lowest BCUT2D eigenvalue weighted by molar-refractivity contribution is 0.282. The van der Waals surface area contributed by atoms with Crippen molar-refractivity contribution in [1.82, 2.24) is 4.98 Å². The van der Waals surface area contributed by atoms with Crippen molar-refractivity contribution in [1.29, 1.82) is 0 Å². The lowest BCUT2D eigenvalue weighted by Crippen LogP contribution is -2.17. The lowest BCUT2D eigenvalue weighted by atomic mass is 10.2. The van der Waals surface area contributed by atoms with Gasteiger partial charge in [0, 0.05) is 18.8 Å². The van der Waals surface area contributed by atoms with E-state index in [0.29, 0.717) is 6.42 Å². The first-order valence-corrected chi connectivity index (χ1v) is 5.19. The Morgan fingerprint density at radius 3 is 3.00 bits per heavy atom. The van der Waals surface area contributed by atoms with Crippen molar-refractivity contribution >= 4 is 17.4 Å². The predicted octanol–water partition coefficient (Wildman–Crippen LogP) is 2.45. The molecule has 0 fully saturated rings. The first-order valence-electron chi connectivity index (χ1n) is 4.82. The first kappa shape index (κ1) is 12.2. The van der Waals surface area contributed by atoms with Crippen LogP contribution in [0.4, 0.5) is 10.2 Å². The van der Waals surface area contributed by atoms with Gasteiger partial charge in [-0.3, -0.25) is 0 Å². The molecule has 2 N–H and O–H groups in total. The Morgan fingerprint density at radius 2 is 2.40 bits per heavy atom. The van der Waals surface area contributed by atoms with E-state index in [1.165, 1.54) is 12.3 Å². The highest BCUT2D eigenvalue weighted by Gasteiger charge is 2.07. The number of anilines is 1. The molecule has 1 unspecified atom stereocenters. The smallest absolute Gasteiger partial charge is 0.166 e. The minimum Gasteiger partial charge on any atom is -0.396 e. The molecule has 5 heteroatoms. The van der Waals surface area contributed by atoms with Crippen molar-refractivity contribution in [2.24, 2.45) is 0 Å². The molecule has 1 aromatic rings. The molecular weight excluding hydrogens is 219 g/mol. The molecule has 0 bridgehead atoms. The average molecular weight is 233 g/mol. The van der Waals surface area contributed by atoms with Crippen molar-refractivity contribution in [3.63, 3.8) is 0 Å². The minimum atomic E-state index is -0.460. The Kier molecular flexibility index (Phi) is 4.78. The Morgan fingerprint density at radius 1 is 1.67 bits per heavy atom. The van der Waals surface area contributed by atoms with Crippen LogP contribution in [-0.2, 0) is 0 Å².